The number of ether oxygens (including phenoxy) is 3. The molecule has 254 valence electrons. The van der Waals surface area contributed by atoms with E-state index in [0.29, 0.717) is 36.2 Å². The van der Waals surface area contributed by atoms with Gasteiger partial charge < -0.3 is 24.8 Å². The Kier molecular flexibility index (Phi) is 10.2. The van der Waals surface area contributed by atoms with Crippen molar-refractivity contribution in [3.63, 3.8) is 0 Å². The molecule has 3 amide bonds. The summed E-state index contributed by atoms with van der Waals surface area (Å²) in [7, 11) is 0. The Labute approximate surface area is 271 Å². The van der Waals surface area contributed by atoms with Crippen LogP contribution in [0.2, 0.25) is 0 Å². The SMILES string of the molecule is CC1NC(=O)[C@@H]2CCCN(N2)C(=O)[C@H](C)NC(=O)C(C(C)C)OC(=O)C2(/C=C/c3ccc4ccc1nc4c3)COC(CF)(CF)OC2. The lowest BCUT2D eigenvalue weighted by Gasteiger charge is -2.41. The monoisotopic (exact) mass is 657 g/mol. The number of alkyl halides is 2. The van der Waals surface area contributed by atoms with Gasteiger partial charge in [0.1, 0.15) is 30.8 Å². The number of cyclic esters (lactones) is 1. The molecule has 2 aromatic rings. The van der Waals surface area contributed by atoms with Gasteiger partial charge in [-0.3, -0.25) is 29.2 Å². The predicted octanol–water partition coefficient (Wildman–Crippen LogP) is 2.68. The van der Waals surface area contributed by atoms with E-state index < -0.39 is 85.7 Å². The van der Waals surface area contributed by atoms with Crippen molar-refractivity contribution >= 4 is 40.7 Å². The Balaban J connectivity index is 1.54. The summed E-state index contributed by atoms with van der Waals surface area (Å²) in [5.41, 5.74) is 3.19. The van der Waals surface area contributed by atoms with Gasteiger partial charge in [-0.05, 0) is 50.3 Å². The van der Waals surface area contributed by atoms with Crippen LogP contribution in [0.4, 0.5) is 8.78 Å². The minimum absolute atomic E-state index is 0.297. The van der Waals surface area contributed by atoms with Gasteiger partial charge in [0.15, 0.2) is 6.10 Å². The van der Waals surface area contributed by atoms with Crippen LogP contribution in [0.3, 0.4) is 0 Å². The maximum absolute atomic E-state index is 13.9. The molecule has 12 nitrogen and oxygen atoms in total. The molecule has 3 aliphatic heterocycles. The lowest BCUT2D eigenvalue weighted by Crippen LogP contribution is -2.61. The second kappa shape index (κ2) is 14.0. The number of hydrogen-bond donors (Lipinski definition) is 3. The van der Waals surface area contributed by atoms with Crippen LogP contribution < -0.4 is 16.1 Å². The normalized spacial score (nSPS) is 27.8. The molecular weight excluding hydrogens is 616 g/mol. The number of hydrogen-bond acceptors (Lipinski definition) is 9. The van der Waals surface area contributed by atoms with Crippen molar-refractivity contribution < 1.29 is 42.2 Å². The van der Waals surface area contributed by atoms with Gasteiger partial charge in [0.25, 0.3) is 11.8 Å². The highest BCUT2D eigenvalue weighted by atomic mass is 19.1. The highest BCUT2D eigenvalue weighted by molar-refractivity contribution is 5.92. The number of esters is 1. The third-order valence-electron chi connectivity index (χ3n) is 8.73. The molecule has 1 spiro atoms. The number of carbonyl (C=O) groups is 4. The second-order valence-electron chi connectivity index (χ2n) is 12.8. The van der Waals surface area contributed by atoms with Crippen LogP contribution in [0.25, 0.3) is 17.0 Å². The number of nitrogens with one attached hydrogen (secondary N) is 3. The quantitative estimate of drug-likeness (QED) is 0.424. The summed E-state index contributed by atoms with van der Waals surface area (Å²) in [6, 6.07) is 6.98. The molecule has 2 unspecified atom stereocenters. The molecule has 47 heavy (non-hydrogen) atoms. The van der Waals surface area contributed by atoms with Crippen molar-refractivity contribution in [2.45, 2.75) is 70.6 Å². The molecule has 14 heteroatoms. The number of rotatable bonds is 3. The lowest BCUT2D eigenvalue weighted by molar-refractivity contribution is -0.305. The van der Waals surface area contributed by atoms with Gasteiger partial charge in [-0.2, -0.15) is 0 Å². The minimum atomic E-state index is -2.15. The Bertz CT molecular complexity index is 1540. The molecule has 5 bridgehead atoms. The Hall–Kier alpha value is -4.01. The third-order valence-corrected chi connectivity index (χ3v) is 8.73. The topological polar surface area (TPSA) is 148 Å². The summed E-state index contributed by atoms with van der Waals surface area (Å²) in [5, 5.41) is 7.75. The zero-order valence-corrected chi connectivity index (χ0v) is 26.9. The first kappa shape index (κ1) is 34.3. The summed E-state index contributed by atoms with van der Waals surface area (Å²) < 4.78 is 44.1. The fraction of sp³-hybridized carbons (Fsp3) is 0.545. The van der Waals surface area contributed by atoms with E-state index in [4.69, 9.17) is 19.2 Å². The van der Waals surface area contributed by atoms with E-state index in [2.05, 4.69) is 16.1 Å². The van der Waals surface area contributed by atoms with Gasteiger partial charge in [0.05, 0.1) is 30.5 Å². The van der Waals surface area contributed by atoms with Gasteiger partial charge in [-0.15, -0.1) is 0 Å². The van der Waals surface area contributed by atoms with E-state index in [0.717, 1.165) is 5.39 Å². The van der Waals surface area contributed by atoms with Crippen LogP contribution in [0.15, 0.2) is 36.4 Å². The predicted molar refractivity (Wildman–Crippen MR) is 167 cm³/mol. The maximum atomic E-state index is 13.9. The zero-order chi connectivity index (χ0) is 33.9. The molecule has 3 aliphatic rings. The summed E-state index contributed by atoms with van der Waals surface area (Å²) >= 11 is 0. The van der Waals surface area contributed by atoms with Crippen molar-refractivity contribution in [2.24, 2.45) is 11.3 Å². The van der Waals surface area contributed by atoms with Crippen LogP contribution in [-0.4, -0.2) is 90.8 Å². The first-order chi connectivity index (χ1) is 22.4. The number of benzene rings is 1. The summed E-state index contributed by atoms with van der Waals surface area (Å²) in [6.07, 6.45) is 2.83. The smallest absolute Gasteiger partial charge is 0.321 e. The first-order valence-corrected chi connectivity index (χ1v) is 15.8. The number of nitrogens with zero attached hydrogens (tertiary/aromatic N) is 2. The zero-order valence-electron chi connectivity index (χ0n) is 26.9. The van der Waals surface area contributed by atoms with E-state index >= 15 is 0 Å². The summed E-state index contributed by atoms with van der Waals surface area (Å²) in [5.74, 6) is -5.06. The molecule has 0 aliphatic carbocycles. The molecule has 5 rings (SSSR count). The van der Waals surface area contributed by atoms with E-state index in [-0.39, 0.29) is 5.91 Å². The third kappa shape index (κ3) is 7.29. The molecule has 2 fully saturated rings. The molecule has 2 saturated heterocycles. The molecule has 4 heterocycles. The van der Waals surface area contributed by atoms with Gasteiger partial charge in [0.2, 0.25) is 11.7 Å². The summed E-state index contributed by atoms with van der Waals surface area (Å²) in [4.78, 5) is 58.7. The number of amides is 3. The standard InChI is InChI=1S/C33H41F2N5O7/c1-19(2)27-29(42)37-21(4)30(43)40-13-5-6-25(39-40)28(41)36-20(3)24-10-9-23-8-7-22(14-26(23)38-24)11-12-32(31(44)47-27)17-45-33(15-34,16-35)46-18-32/h7-12,14,19-21,25,27,39H,5-6,13,15-18H2,1-4H3,(H,36,41)(H,37,42)/b12-11+/t20?,21-,25-,27?/m0/s1. The number of pyridine rings is 1. The molecule has 0 saturated carbocycles. The number of carbonyl (C=O) groups excluding carboxylic acids is 4. The van der Waals surface area contributed by atoms with Crippen molar-refractivity contribution in [1.82, 2.24) is 26.1 Å². The van der Waals surface area contributed by atoms with Gasteiger partial charge >= 0.3 is 5.97 Å². The fourth-order valence-corrected chi connectivity index (χ4v) is 5.66. The average Bonchev–Trinajstić information content (AvgIpc) is 3.08. The Morgan fingerprint density at radius 1 is 0.979 bits per heavy atom. The molecule has 1 aromatic heterocycles. The van der Waals surface area contributed by atoms with E-state index in [1.54, 1.807) is 32.1 Å². The number of halogens is 2. The number of hydrazine groups is 1. The van der Waals surface area contributed by atoms with Crippen molar-refractivity contribution in [3.8, 4) is 0 Å². The van der Waals surface area contributed by atoms with Gasteiger partial charge in [-0.1, -0.05) is 44.2 Å². The number of fused-ring (bicyclic) bond motifs is 4. The lowest BCUT2D eigenvalue weighted by atomic mass is 9.87. The van der Waals surface area contributed by atoms with E-state index in [1.165, 1.54) is 18.0 Å². The highest BCUT2D eigenvalue weighted by Gasteiger charge is 2.50. The second-order valence-corrected chi connectivity index (χ2v) is 12.8. The van der Waals surface area contributed by atoms with Gasteiger partial charge in [-0.25, -0.2) is 14.2 Å². The summed E-state index contributed by atoms with van der Waals surface area (Å²) in [6.45, 7) is 3.48. The van der Waals surface area contributed by atoms with E-state index in [9.17, 15) is 28.0 Å². The molecule has 1 aromatic carbocycles. The largest absolute Gasteiger partial charge is 0.451 e. The maximum Gasteiger partial charge on any atom is 0.321 e. The average molecular weight is 658 g/mol. The van der Waals surface area contributed by atoms with Crippen LogP contribution in [0, 0.1) is 11.3 Å². The van der Waals surface area contributed by atoms with Crippen molar-refractivity contribution in [3.05, 3.63) is 47.7 Å². The number of aromatic nitrogens is 1. The molecule has 3 N–H and O–H groups in total. The van der Waals surface area contributed by atoms with E-state index in [1.807, 2.05) is 25.1 Å². The van der Waals surface area contributed by atoms with Gasteiger partial charge in [0, 0.05) is 11.9 Å². The fourth-order valence-electron chi connectivity index (χ4n) is 5.66. The van der Waals surface area contributed by atoms with Crippen molar-refractivity contribution in [2.75, 3.05) is 33.1 Å². The Morgan fingerprint density at radius 3 is 2.34 bits per heavy atom. The van der Waals surface area contributed by atoms with Crippen LogP contribution in [0.5, 0.6) is 0 Å². The van der Waals surface area contributed by atoms with Crippen LogP contribution in [0.1, 0.15) is 57.8 Å². The Morgan fingerprint density at radius 2 is 1.66 bits per heavy atom. The van der Waals surface area contributed by atoms with Crippen molar-refractivity contribution in [1.29, 1.82) is 0 Å². The van der Waals surface area contributed by atoms with Crippen LogP contribution >= 0.6 is 0 Å². The van der Waals surface area contributed by atoms with Crippen LogP contribution in [-0.2, 0) is 33.4 Å². The molecule has 4 atom stereocenters. The minimum Gasteiger partial charge on any atom is -0.451 e. The highest BCUT2D eigenvalue weighted by Crippen LogP contribution is 2.35. The first-order valence-electron chi connectivity index (χ1n) is 15.8. The molecule has 0 radical (unpaired) electrons. The molecular formula is C33H41F2N5O7.